The molecule has 3 heterocycles. The third-order valence-electron chi connectivity index (χ3n) is 3.61. The molecule has 1 saturated heterocycles. The molecule has 0 spiro atoms. The minimum Gasteiger partial charge on any atom is -0.379 e. The van der Waals surface area contributed by atoms with Crippen molar-refractivity contribution < 1.29 is 9.47 Å². The molecule has 0 bridgehead atoms. The summed E-state index contributed by atoms with van der Waals surface area (Å²) in [5.41, 5.74) is 1.85. The van der Waals surface area contributed by atoms with Crippen molar-refractivity contribution >= 4 is 21.6 Å². The van der Waals surface area contributed by atoms with Crippen LogP contribution in [-0.4, -0.2) is 36.0 Å². The van der Waals surface area contributed by atoms with Crippen LogP contribution in [0.2, 0.25) is 0 Å². The maximum absolute atomic E-state index is 12.5. The zero-order chi connectivity index (χ0) is 13.4. The summed E-state index contributed by atoms with van der Waals surface area (Å²) in [5, 5.41) is 1.97. The Kier molecular flexibility index (Phi) is 3.38. The second-order valence-electron chi connectivity index (χ2n) is 4.76. The van der Waals surface area contributed by atoms with Crippen LogP contribution in [0.3, 0.4) is 0 Å². The number of aromatic nitrogens is 2. The van der Waals surface area contributed by atoms with Crippen molar-refractivity contribution in [3.8, 4) is 0 Å². The SMILES string of the molecule is CO[C@@H]1CCOC[C@H]1n1cnc2c(C)csc2c1=O. The minimum atomic E-state index is -0.0921. The van der Waals surface area contributed by atoms with E-state index in [1.165, 1.54) is 11.3 Å². The molecule has 2 aromatic heterocycles. The van der Waals surface area contributed by atoms with Gasteiger partial charge < -0.3 is 9.47 Å². The number of aryl methyl sites for hydroxylation is 1. The minimum absolute atomic E-state index is 0.000602. The van der Waals surface area contributed by atoms with Crippen molar-refractivity contribution in [2.24, 2.45) is 0 Å². The van der Waals surface area contributed by atoms with E-state index in [0.29, 0.717) is 17.9 Å². The largest absolute Gasteiger partial charge is 0.379 e. The van der Waals surface area contributed by atoms with Crippen LogP contribution in [-0.2, 0) is 9.47 Å². The molecule has 0 aliphatic carbocycles. The van der Waals surface area contributed by atoms with E-state index in [1.54, 1.807) is 18.0 Å². The normalized spacial score (nSPS) is 23.9. The summed E-state index contributed by atoms with van der Waals surface area (Å²) in [6.45, 7) is 3.14. The summed E-state index contributed by atoms with van der Waals surface area (Å²) in [5.74, 6) is 0. The van der Waals surface area contributed by atoms with Gasteiger partial charge in [-0.3, -0.25) is 9.36 Å². The van der Waals surface area contributed by atoms with Gasteiger partial charge in [0.1, 0.15) is 4.70 Å². The number of nitrogens with zero attached hydrogens (tertiary/aromatic N) is 2. The highest BCUT2D eigenvalue weighted by Crippen LogP contribution is 2.24. The van der Waals surface area contributed by atoms with Gasteiger partial charge in [-0.05, 0) is 24.3 Å². The molecular formula is C13H16N2O3S. The Bertz CT molecular complexity index is 649. The van der Waals surface area contributed by atoms with E-state index in [1.807, 2.05) is 12.3 Å². The lowest BCUT2D eigenvalue weighted by Gasteiger charge is -2.31. The Balaban J connectivity index is 2.09. The smallest absolute Gasteiger partial charge is 0.271 e. The van der Waals surface area contributed by atoms with Crippen LogP contribution in [0.25, 0.3) is 10.2 Å². The van der Waals surface area contributed by atoms with E-state index in [2.05, 4.69) is 4.98 Å². The lowest BCUT2D eigenvalue weighted by Crippen LogP contribution is -2.40. The molecule has 2 atom stereocenters. The topological polar surface area (TPSA) is 53.4 Å². The average Bonchev–Trinajstić information content (AvgIpc) is 2.82. The van der Waals surface area contributed by atoms with E-state index in [4.69, 9.17) is 9.47 Å². The van der Waals surface area contributed by atoms with Crippen LogP contribution in [0.1, 0.15) is 18.0 Å². The Labute approximate surface area is 114 Å². The molecule has 0 aromatic carbocycles. The first-order valence-corrected chi connectivity index (χ1v) is 7.16. The third kappa shape index (κ3) is 2.09. The number of hydrogen-bond donors (Lipinski definition) is 0. The fourth-order valence-electron chi connectivity index (χ4n) is 2.51. The summed E-state index contributed by atoms with van der Waals surface area (Å²) >= 11 is 1.45. The first-order valence-electron chi connectivity index (χ1n) is 6.28. The number of methoxy groups -OCH3 is 1. The molecular weight excluding hydrogens is 264 g/mol. The van der Waals surface area contributed by atoms with Gasteiger partial charge in [-0.2, -0.15) is 0 Å². The van der Waals surface area contributed by atoms with E-state index >= 15 is 0 Å². The summed E-state index contributed by atoms with van der Waals surface area (Å²) in [4.78, 5) is 16.9. The van der Waals surface area contributed by atoms with E-state index in [0.717, 1.165) is 17.5 Å². The highest BCUT2D eigenvalue weighted by Gasteiger charge is 2.28. The number of rotatable bonds is 2. The fraction of sp³-hybridized carbons (Fsp3) is 0.538. The molecule has 0 N–H and O–H groups in total. The van der Waals surface area contributed by atoms with Gasteiger partial charge in [0, 0.05) is 13.7 Å². The highest BCUT2D eigenvalue weighted by molar-refractivity contribution is 7.17. The second kappa shape index (κ2) is 5.03. The maximum atomic E-state index is 12.5. The molecule has 1 fully saturated rings. The number of hydrogen-bond acceptors (Lipinski definition) is 5. The molecule has 0 radical (unpaired) electrons. The van der Waals surface area contributed by atoms with Gasteiger partial charge in [-0.25, -0.2) is 4.98 Å². The maximum Gasteiger partial charge on any atom is 0.271 e. The van der Waals surface area contributed by atoms with Gasteiger partial charge in [0.05, 0.1) is 30.6 Å². The first-order chi connectivity index (χ1) is 9.22. The van der Waals surface area contributed by atoms with Gasteiger partial charge in [0.15, 0.2) is 0 Å². The summed E-state index contributed by atoms with van der Waals surface area (Å²) in [6, 6.07) is -0.0921. The van der Waals surface area contributed by atoms with Gasteiger partial charge in [0.2, 0.25) is 0 Å². The zero-order valence-electron chi connectivity index (χ0n) is 11.0. The van der Waals surface area contributed by atoms with Gasteiger partial charge in [-0.1, -0.05) is 0 Å². The van der Waals surface area contributed by atoms with Gasteiger partial charge in [0.25, 0.3) is 5.56 Å². The molecule has 6 heteroatoms. The molecule has 1 aliphatic heterocycles. The molecule has 1 aliphatic rings. The van der Waals surface area contributed by atoms with Crippen molar-refractivity contribution in [3.63, 3.8) is 0 Å². The van der Waals surface area contributed by atoms with Crippen molar-refractivity contribution in [1.82, 2.24) is 9.55 Å². The lowest BCUT2D eigenvalue weighted by molar-refractivity contribution is -0.0508. The molecule has 5 nitrogen and oxygen atoms in total. The summed E-state index contributed by atoms with van der Waals surface area (Å²) in [6.07, 6.45) is 2.43. The van der Waals surface area contributed by atoms with E-state index < -0.39 is 0 Å². The van der Waals surface area contributed by atoms with Crippen molar-refractivity contribution in [2.45, 2.75) is 25.5 Å². The Morgan fingerprint density at radius 3 is 3.21 bits per heavy atom. The summed E-state index contributed by atoms with van der Waals surface area (Å²) in [7, 11) is 1.68. The molecule has 0 unspecified atom stereocenters. The van der Waals surface area contributed by atoms with Crippen LogP contribution in [0.5, 0.6) is 0 Å². The fourth-order valence-corrected chi connectivity index (χ4v) is 3.45. The lowest BCUT2D eigenvalue weighted by atomic mass is 10.1. The Morgan fingerprint density at radius 1 is 1.58 bits per heavy atom. The van der Waals surface area contributed by atoms with Crippen LogP contribution in [0.4, 0.5) is 0 Å². The quantitative estimate of drug-likeness (QED) is 0.841. The van der Waals surface area contributed by atoms with Crippen LogP contribution < -0.4 is 5.56 Å². The van der Waals surface area contributed by atoms with Crippen molar-refractivity contribution in [3.05, 3.63) is 27.6 Å². The highest BCUT2D eigenvalue weighted by atomic mass is 32.1. The van der Waals surface area contributed by atoms with Crippen LogP contribution in [0.15, 0.2) is 16.5 Å². The Hall–Kier alpha value is -1.24. The molecule has 0 saturated carbocycles. The van der Waals surface area contributed by atoms with Crippen LogP contribution in [0, 0.1) is 6.92 Å². The predicted octanol–water partition coefficient (Wildman–Crippen LogP) is 1.74. The monoisotopic (exact) mass is 280 g/mol. The number of fused-ring (bicyclic) bond motifs is 1. The Morgan fingerprint density at radius 2 is 2.42 bits per heavy atom. The summed E-state index contributed by atoms with van der Waals surface area (Å²) < 4.78 is 13.3. The third-order valence-corrected chi connectivity index (χ3v) is 4.68. The van der Waals surface area contributed by atoms with E-state index in [-0.39, 0.29) is 17.7 Å². The molecule has 0 amide bonds. The van der Waals surface area contributed by atoms with Crippen molar-refractivity contribution in [2.75, 3.05) is 20.3 Å². The predicted molar refractivity (Wildman–Crippen MR) is 73.9 cm³/mol. The number of thiophene rings is 1. The van der Waals surface area contributed by atoms with Gasteiger partial charge in [-0.15, -0.1) is 11.3 Å². The van der Waals surface area contributed by atoms with Crippen LogP contribution >= 0.6 is 11.3 Å². The second-order valence-corrected chi connectivity index (χ2v) is 5.64. The molecule has 3 rings (SSSR count). The van der Waals surface area contributed by atoms with Crippen molar-refractivity contribution in [1.29, 1.82) is 0 Å². The van der Waals surface area contributed by atoms with E-state index in [9.17, 15) is 4.79 Å². The standard InChI is InChI=1S/C13H16N2O3S/c1-8-6-19-12-11(8)14-7-15(13(12)16)9-5-18-4-3-10(9)17-2/h6-7,9-10H,3-5H2,1-2H3/t9-,10-/m1/s1. The van der Waals surface area contributed by atoms with Gasteiger partial charge >= 0.3 is 0 Å². The molecule has 102 valence electrons. The first kappa shape index (κ1) is 12.8. The number of ether oxygens (including phenoxy) is 2. The molecule has 2 aromatic rings. The average molecular weight is 280 g/mol. The zero-order valence-corrected chi connectivity index (χ0v) is 11.8. The molecule has 19 heavy (non-hydrogen) atoms.